The molecule has 0 aliphatic rings. The quantitative estimate of drug-likeness (QED) is 0.744. The highest BCUT2D eigenvalue weighted by atomic mass is 35.6. The van der Waals surface area contributed by atoms with Crippen LogP contribution in [0.3, 0.4) is 0 Å². The Bertz CT molecular complexity index is 172. The molecule has 0 atom stereocenters. The lowest BCUT2D eigenvalue weighted by atomic mass is 10.2. The van der Waals surface area contributed by atoms with E-state index in [1.165, 1.54) is 5.56 Å². The molecule has 0 radical (unpaired) electrons. The largest absolute Gasteiger partial charge is 0.344 e. The number of alkyl halides is 1. The summed E-state index contributed by atoms with van der Waals surface area (Å²) in [5.41, 5.74) is 1.18. The predicted molar refractivity (Wildman–Crippen MR) is 53.8 cm³/mol. The SMILES string of the molecule is ClCc1ccccc1.ClOCl.N. The molecule has 1 aromatic carbocycles. The van der Waals surface area contributed by atoms with Gasteiger partial charge >= 0.3 is 0 Å². The lowest BCUT2D eigenvalue weighted by Gasteiger charge is -1.88. The normalized spacial score (nSPS) is 7.58. The Morgan fingerprint density at radius 2 is 1.50 bits per heavy atom. The minimum atomic E-state index is 0. The third-order valence-corrected chi connectivity index (χ3v) is 1.31. The van der Waals surface area contributed by atoms with Crippen LogP contribution in [0.15, 0.2) is 30.3 Å². The molecule has 2 nitrogen and oxygen atoms in total. The lowest BCUT2D eigenvalue weighted by Crippen LogP contribution is -1.71. The van der Waals surface area contributed by atoms with Crippen molar-refractivity contribution in [2.75, 3.05) is 0 Å². The molecule has 1 aromatic rings. The molecule has 70 valence electrons. The van der Waals surface area contributed by atoms with Crippen molar-refractivity contribution in [1.29, 1.82) is 0 Å². The summed E-state index contributed by atoms with van der Waals surface area (Å²) < 4.78 is 3.19. The van der Waals surface area contributed by atoms with Crippen molar-refractivity contribution in [1.82, 2.24) is 6.15 Å². The van der Waals surface area contributed by atoms with Gasteiger partial charge in [-0.15, -0.1) is 11.6 Å². The second-order valence-electron chi connectivity index (χ2n) is 1.68. The van der Waals surface area contributed by atoms with Gasteiger partial charge in [0.1, 0.15) is 0 Å². The summed E-state index contributed by atoms with van der Waals surface area (Å²) in [5.74, 6) is 0.612. The molecule has 0 aliphatic heterocycles. The van der Waals surface area contributed by atoms with Crippen molar-refractivity contribution >= 4 is 35.3 Å². The predicted octanol–water partition coefficient (Wildman–Crippen LogP) is 3.90. The maximum atomic E-state index is 5.53. The number of halogens is 3. The zero-order valence-corrected chi connectivity index (χ0v) is 8.61. The van der Waals surface area contributed by atoms with Gasteiger partial charge in [-0.05, 0) is 5.56 Å². The Kier molecular flexibility index (Phi) is 13.3. The molecule has 1 rings (SSSR count). The summed E-state index contributed by atoms with van der Waals surface area (Å²) in [4.78, 5) is 0. The van der Waals surface area contributed by atoms with E-state index < -0.39 is 0 Å². The van der Waals surface area contributed by atoms with E-state index in [0.29, 0.717) is 5.88 Å². The third-order valence-electron chi connectivity index (χ3n) is 0.997. The molecule has 0 aliphatic carbocycles. The topological polar surface area (TPSA) is 44.2 Å². The Morgan fingerprint density at radius 3 is 1.75 bits per heavy atom. The highest BCUT2D eigenvalue weighted by Gasteiger charge is 1.81. The van der Waals surface area contributed by atoms with E-state index in [4.69, 9.17) is 11.6 Å². The van der Waals surface area contributed by atoms with Crippen molar-refractivity contribution < 1.29 is 3.84 Å². The summed E-state index contributed by atoms with van der Waals surface area (Å²) in [6.07, 6.45) is 0. The van der Waals surface area contributed by atoms with Gasteiger partial charge in [0.2, 0.25) is 0 Å². The average Bonchev–Trinajstić information content (AvgIpc) is 2.08. The Labute approximate surface area is 87.3 Å². The second kappa shape index (κ2) is 11.0. The highest BCUT2D eigenvalue weighted by molar-refractivity contribution is 6.24. The fourth-order valence-corrected chi connectivity index (χ4v) is 0.745. The lowest BCUT2D eigenvalue weighted by molar-refractivity contribution is 0.697. The first-order valence-electron chi connectivity index (χ1n) is 2.84. The Balaban J connectivity index is 0. The van der Waals surface area contributed by atoms with Crippen LogP contribution in [0.25, 0.3) is 0 Å². The van der Waals surface area contributed by atoms with Crippen molar-refractivity contribution in [2.24, 2.45) is 0 Å². The molecule has 0 bridgehead atoms. The van der Waals surface area contributed by atoms with Gasteiger partial charge < -0.3 is 6.15 Å². The van der Waals surface area contributed by atoms with Crippen molar-refractivity contribution in [3.8, 4) is 0 Å². The van der Waals surface area contributed by atoms with Gasteiger partial charge in [0.25, 0.3) is 0 Å². The monoisotopic (exact) mass is 229 g/mol. The second-order valence-corrected chi connectivity index (χ2v) is 2.41. The van der Waals surface area contributed by atoms with E-state index >= 15 is 0 Å². The smallest absolute Gasteiger partial charge is 0.0832 e. The maximum absolute atomic E-state index is 5.53. The molecule has 3 N–H and O–H groups in total. The molecule has 0 saturated carbocycles. The summed E-state index contributed by atoms with van der Waals surface area (Å²) in [5, 5.41) is 0. The van der Waals surface area contributed by atoms with Crippen LogP contribution in [0.1, 0.15) is 5.56 Å². The number of rotatable bonds is 1. The van der Waals surface area contributed by atoms with Crippen LogP contribution in [0.5, 0.6) is 0 Å². The molecule has 0 fully saturated rings. The van der Waals surface area contributed by atoms with E-state index in [0.717, 1.165) is 0 Å². The van der Waals surface area contributed by atoms with Gasteiger partial charge in [-0.3, -0.25) is 0 Å². The van der Waals surface area contributed by atoms with Crippen LogP contribution in [0.2, 0.25) is 0 Å². The molecule has 0 saturated heterocycles. The van der Waals surface area contributed by atoms with Crippen LogP contribution in [0, 0.1) is 0 Å². The van der Waals surface area contributed by atoms with Crippen molar-refractivity contribution in [3.63, 3.8) is 0 Å². The molecule has 0 aromatic heterocycles. The van der Waals surface area contributed by atoms with E-state index in [1.54, 1.807) is 0 Å². The van der Waals surface area contributed by atoms with E-state index in [1.807, 2.05) is 30.3 Å². The van der Waals surface area contributed by atoms with Crippen molar-refractivity contribution in [3.05, 3.63) is 35.9 Å². The van der Waals surface area contributed by atoms with Crippen LogP contribution in [0.4, 0.5) is 0 Å². The van der Waals surface area contributed by atoms with Crippen LogP contribution < -0.4 is 6.15 Å². The molecule has 0 heterocycles. The van der Waals surface area contributed by atoms with E-state index in [9.17, 15) is 0 Å². The zero-order valence-electron chi connectivity index (χ0n) is 6.34. The van der Waals surface area contributed by atoms with E-state index in [-0.39, 0.29) is 6.15 Å². The fraction of sp³-hybridized carbons (Fsp3) is 0.143. The molecular formula is C7H10Cl3NO. The summed E-state index contributed by atoms with van der Waals surface area (Å²) >= 11 is 14.1. The minimum Gasteiger partial charge on any atom is -0.344 e. The summed E-state index contributed by atoms with van der Waals surface area (Å²) in [6.45, 7) is 0. The Morgan fingerprint density at radius 1 is 1.08 bits per heavy atom. The first-order chi connectivity index (χ1) is 5.35. The summed E-state index contributed by atoms with van der Waals surface area (Å²) in [6, 6.07) is 9.96. The number of hydrogen-bond acceptors (Lipinski definition) is 2. The van der Waals surface area contributed by atoms with Gasteiger partial charge in [-0.2, -0.15) is 3.84 Å². The van der Waals surface area contributed by atoms with Crippen LogP contribution in [-0.4, -0.2) is 0 Å². The van der Waals surface area contributed by atoms with Crippen molar-refractivity contribution in [2.45, 2.75) is 5.88 Å². The molecule has 0 spiro atoms. The van der Waals surface area contributed by atoms with Gasteiger partial charge in [-0.25, -0.2) is 0 Å². The maximum Gasteiger partial charge on any atom is 0.0832 e. The number of benzene rings is 1. The first kappa shape index (κ1) is 14.5. The minimum absolute atomic E-state index is 0. The molecular weight excluding hydrogens is 220 g/mol. The fourth-order valence-electron chi connectivity index (χ4n) is 0.567. The zero-order chi connectivity index (χ0) is 8.53. The van der Waals surface area contributed by atoms with E-state index in [2.05, 4.69) is 27.6 Å². The molecule has 0 amide bonds. The Hall–Kier alpha value is 0.01000. The van der Waals surface area contributed by atoms with Gasteiger partial charge in [0.05, 0.1) is 23.7 Å². The third kappa shape index (κ3) is 8.11. The van der Waals surface area contributed by atoms with Gasteiger partial charge in [0, 0.05) is 5.88 Å². The molecule has 0 unspecified atom stereocenters. The van der Waals surface area contributed by atoms with Crippen LogP contribution >= 0.6 is 35.3 Å². The molecule has 12 heavy (non-hydrogen) atoms. The van der Waals surface area contributed by atoms with Crippen LogP contribution in [-0.2, 0) is 9.72 Å². The van der Waals surface area contributed by atoms with Gasteiger partial charge in [0.15, 0.2) is 0 Å². The average molecular weight is 231 g/mol. The highest BCUT2D eigenvalue weighted by Crippen LogP contribution is 2.00. The number of hydrogen-bond donors (Lipinski definition) is 1. The van der Waals surface area contributed by atoms with Gasteiger partial charge in [-0.1, -0.05) is 30.3 Å². The first-order valence-corrected chi connectivity index (χ1v) is 3.99. The molecule has 5 heteroatoms. The summed E-state index contributed by atoms with van der Waals surface area (Å²) in [7, 11) is 0. The standard InChI is InChI=1S/C7H7Cl.Cl2O.H3N/c8-6-7-4-2-1-3-5-7;1-3-2;/h1-5H,6H2;;1H3.